The van der Waals surface area contributed by atoms with Gasteiger partial charge in [0.25, 0.3) is 10.0 Å². The van der Waals surface area contributed by atoms with E-state index in [4.69, 9.17) is 11.6 Å². The van der Waals surface area contributed by atoms with Crippen molar-refractivity contribution in [3.05, 3.63) is 107 Å². The highest BCUT2D eigenvalue weighted by molar-refractivity contribution is 7.90. The summed E-state index contributed by atoms with van der Waals surface area (Å²) in [6.07, 6.45) is 6.66. The highest BCUT2D eigenvalue weighted by Crippen LogP contribution is 2.32. The lowest BCUT2D eigenvalue weighted by Gasteiger charge is -2.37. The second-order valence-electron chi connectivity index (χ2n) is 11.0. The van der Waals surface area contributed by atoms with Crippen LogP contribution in [0, 0.1) is 12.7 Å². The van der Waals surface area contributed by atoms with Crippen molar-refractivity contribution in [2.75, 3.05) is 18.0 Å². The van der Waals surface area contributed by atoms with Gasteiger partial charge in [0, 0.05) is 78.6 Å². The van der Waals surface area contributed by atoms with Crippen LogP contribution in [0.5, 0.6) is 0 Å². The summed E-state index contributed by atoms with van der Waals surface area (Å²) in [4.78, 5) is 6.84. The molecule has 3 aromatic heterocycles. The van der Waals surface area contributed by atoms with Crippen molar-refractivity contribution in [1.29, 1.82) is 0 Å². The molecule has 2 N–H and O–H groups in total. The van der Waals surface area contributed by atoms with Crippen molar-refractivity contribution in [3.8, 4) is 22.4 Å². The first-order valence-corrected chi connectivity index (χ1v) is 16.0. The molecule has 6 rings (SSSR count). The molecule has 9 nitrogen and oxygen atoms in total. The zero-order valence-electron chi connectivity index (χ0n) is 24.2. The van der Waals surface area contributed by atoms with Crippen LogP contribution in [-0.4, -0.2) is 57.5 Å². The van der Waals surface area contributed by atoms with E-state index in [1.165, 1.54) is 10.0 Å². The maximum atomic E-state index is 14.2. The van der Waals surface area contributed by atoms with Crippen LogP contribution in [0.3, 0.4) is 0 Å². The number of benzene rings is 2. The van der Waals surface area contributed by atoms with Gasteiger partial charge in [-0.3, -0.25) is 4.68 Å². The number of aliphatic hydroxyl groups excluding tert-OH is 1. The summed E-state index contributed by atoms with van der Waals surface area (Å²) in [7, 11) is -2.11. The van der Waals surface area contributed by atoms with E-state index in [1.54, 1.807) is 72.9 Å². The van der Waals surface area contributed by atoms with E-state index in [1.807, 2.05) is 30.0 Å². The maximum absolute atomic E-state index is 14.2. The molecule has 44 heavy (non-hydrogen) atoms. The van der Waals surface area contributed by atoms with Gasteiger partial charge in [0.2, 0.25) is 0 Å². The van der Waals surface area contributed by atoms with Gasteiger partial charge in [0.05, 0.1) is 22.9 Å². The Morgan fingerprint density at radius 2 is 1.84 bits per heavy atom. The van der Waals surface area contributed by atoms with Gasteiger partial charge < -0.3 is 15.3 Å². The van der Waals surface area contributed by atoms with Crippen LogP contribution in [-0.2, 0) is 23.6 Å². The number of rotatable bonds is 8. The Hall–Kier alpha value is -4.03. The highest BCUT2D eigenvalue weighted by atomic mass is 35.5. The van der Waals surface area contributed by atoms with Gasteiger partial charge in [-0.25, -0.2) is 21.8 Å². The molecule has 5 aromatic rings. The monoisotopic (exact) mass is 634 g/mol. The van der Waals surface area contributed by atoms with Crippen LogP contribution in [0.1, 0.15) is 17.5 Å². The lowest BCUT2D eigenvalue weighted by molar-refractivity contribution is 0.112. The van der Waals surface area contributed by atoms with Gasteiger partial charge in [-0.05, 0) is 55.8 Å². The Bertz CT molecular complexity index is 1870. The second kappa shape index (κ2) is 12.2. The molecule has 0 bridgehead atoms. The fourth-order valence-electron chi connectivity index (χ4n) is 5.44. The zero-order chi connectivity index (χ0) is 31.0. The van der Waals surface area contributed by atoms with Crippen molar-refractivity contribution in [2.45, 2.75) is 36.9 Å². The van der Waals surface area contributed by atoms with E-state index in [0.717, 1.165) is 11.1 Å². The van der Waals surface area contributed by atoms with Gasteiger partial charge in [0.1, 0.15) is 11.6 Å². The average molecular weight is 635 g/mol. The molecule has 0 unspecified atom stereocenters. The first-order valence-electron chi connectivity index (χ1n) is 14.2. The molecular formula is C32H32ClFN6O3S. The highest BCUT2D eigenvalue weighted by Gasteiger charge is 2.29. The van der Waals surface area contributed by atoms with Crippen LogP contribution >= 0.6 is 11.6 Å². The second-order valence-corrected chi connectivity index (χ2v) is 13.2. The smallest absolute Gasteiger partial charge is 0.268 e. The standard InChI is InChI=1S/C32H32ClFN6O3S/c1-21-6-9-25(10-7-21)44(42,43)40-19-23(14-30(40)24-16-37-38(2)18-24)22-8-11-32(36-15-22)39-13-12-29(31(41)20-39)35-17-26-27(33)4-3-5-28(26)34/h3-11,14-16,18-19,29,31,35,41H,12-13,17,20H2,1-2H3/t29-,31+/m0/s1. The fraction of sp³-hybridized carbons (Fsp3) is 0.250. The molecule has 0 spiro atoms. The molecule has 4 heterocycles. The summed E-state index contributed by atoms with van der Waals surface area (Å²) in [5.74, 6) is 0.319. The Morgan fingerprint density at radius 1 is 1.05 bits per heavy atom. The van der Waals surface area contributed by atoms with Crippen LogP contribution in [0.25, 0.3) is 22.4 Å². The summed E-state index contributed by atoms with van der Waals surface area (Å²) >= 11 is 6.15. The molecule has 2 atom stereocenters. The molecule has 0 aliphatic carbocycles. The van der Waals surface area contributed by atoms with Crippen molar-refractivity contribution < 1.29 is 17.9 Å². The number of aryl methyl sites for hydroxylation is 2. The number of nitrogens with zero attached hydrogens (tertiary/aromatic N) is 5. The number of hydrogen-bond donors (Lipinski definition) is 2. The van der Waals surface area contributed by atoms with Gasteiger partial charge in [0.15, 0.2) is 0 Å². The van der Waals surface area contributed by atoms with E-state index >= 15 is 0 Å². The summed E-state index contributed by atoms with van der Waals surface area (Å²) < 4.78 is 44.5. The third-order valence-corrected chi connectivity index (χ3v) is 10.00. The number of anilines is 1. The fourth-order valence-corrected chi connectivity index (χ4v) is 7.05. The SMILES string of the molecule is Cc1ccc(S(=O)(=O)n2cc(-c3ccc(N4CC[C@H](NCc5c(F)cccc5Cl)[C@H](O)C4)nc3)cc2-c2cnn(C)c2)cc1. The number of hydrogen-bond acceptors (Lipinski definition) is 7. The number of piperidine rings is 1. The molecule has 1 fully saturated rings. The Labute approximate surface area is 260 Å². The molecule has 1 aliphatic heterocycles. The third-order valence-electron chi connectivity index (χ3n) is 7.95. The van der Waals surface area contributed by atoms with E-state index in [-0.39, 0.29) is 23.3 Å². The number of halogens is 2. The van der Waals surface area contributed by atoms with Crippen molar-refractivity contribution in [1.82, 2.24) is 24.1 Å². The molecule has 12 heteroatoms. The summed E-state index contributed by atoms with van der Waals surface area (Å²) in [5, 5.41) is 18.7. The third kappa shape index (κ3) is 6.00. The summed E-state index contributed by atoms with van der Waals surface area (Å²) in [6.45, 7) is 3.13. The molecule has 2 aromatic carbocycles. The Morgan fingerprint density at radius 3 is 2.50 bits per heavy atom. The Balaban J connectivity index is 1.20. The predicted octanol–water partition coefficient (Wildman–Crippen LogP) is 5.02. The van der Waals surface area contributed by atoms with E-state index < -0.39 is 16.1 Å². The molecular weight excluding hydrogens is 603 g/mol. The van der Waals surface area contributed by atoms with Crippen LogP contribution in [0.15, 0.2) is 90.3 Å². The number of aromatic nitrogens is 4. The van der Waals surface area contributed by atoms with E-state index in [9.17, 15) is 17.9 Å². The molecule has 0 saturated carbocycles. The van der Waals surface area contributed by atoms with Crippen LogP contribution < -0.4 is 10.2 Å². The molecule has 0 radical (unpaired) electrons. The number of aliphatic hydroxyl groups is 1. The van der Waals surface area contributed by atoms with E-state index in [2.05, 4.69) is 15.4 Å². The first kappa shape index (κ1) is 30.0. The predicted molar refractivity (Wildman–Crippen MR) is 169 cm³/mol. The van der Waals surface area contributed by atoms with Gasteiger partial charge in [-0.2, -0.15) is 5.10 Å². The summed E-state index contributed by atoms with van der Waals surface area (Å²) in [6, 6.07) is 16.7. The number of β-amino-alcohol motifs (C(OH)–C–C–N with tert-alkyl or cyclic N) is 1. The molecule has 228 valence electrons. The van der Waals surface area contributed by atoms with Gasteiger partial charge >= 0.3 is 0 Å². The maximum Gasteiger partial charge on any atom is 0.268 e. The van der Waals surface area contributed by atoms with Gasteiger partial charge in [-0.15, -0.1) is 0 Å². The molecule has 0 amide bonds. The lowest BCUT2D eigenvalue weighted by atomic mass is 10.0. The number of pyridine rings is 1. The average Bonchev–Trinajstić information content (AvgIpc) is 3.65. The minimum Gasteiger partial charge on any atom is -0.390 e. The largest absolute Gasteiger partial charge is 0.390 e. The zero-order valence-corrected chi connectivity index (χ0v) is 25.8. The van der Waals surface area contributed by atoms with Crippen molar-refractivity contribution in [3.63, 3.8) is 0 Å². The lowest BCUT2D eigenvalue weighted by Crippen LogP contribution is -2.52. The van der Waals surface area contributed by atoms with Crippen LogP contribution in [0.4, 0.5) is 10.2 Å². The summed E-state index contributed by atoms with van der Waals surface area (Å²) in [5.41, 5.74) is 3.95. The molecule has 1 aliphatic rings. The normalized spacial score (nSPS) is 17.2. The Kier molecular flexibility index (Phi) is 8.30. The number of nitrogens with one attached hydrogen (secondary N) is 1. The van der Waals surface area contributed by atoms with E-state index in [0.29, 0.717) is 52.7 Å². The first-order chi connectivity index (χ1) is 21.1. The van der Waals surface area contributed by atoms with Crippen molar-refractivity contribution in [2.24, 2.45) is 7.05 Å². The van der Waals surface area contributed by atoms with Gasteiger partial charge in [-0.1, -0.05) is 35.4 Å². The minimum absolute atomic E-state index is 0.192. The molecule has 1 saturated heterocycles. The quantitative estimate of drug-likeness (QED) is 0.247. The van der Waals surface area contributed by atoms with Crippen LogP contribution in [0.2, 0.25) is 5.02 Å². The minimum atomic E-state index is -3.89. The topological polar surface area (TPSA) is 105 Å². The van der Waals surface area contributed by atoms with Crippen molar-refractivity contribution >= 4 is 27.4 Å².